The summed E-state index contributed by atoms with van der Waals surface area (Å²) in [6.07, 6.45) is 2.39. The first-order valence-corrected chi connectivity index (χ1v) is 8.77. The average molecular weight is 410 g/mol. The maximum Gasteiger partial charge on any atom is 0.241 e. The molecule has 0 atom stereocenters. The minimum absolute atomic E-state index is 0.0326. The van der Waals surface area contributed by atoms with Gasteiger partial charge in [-0.1, -0.05) is 5.16 Å². The Morgan fingerprint density at radius 2 is 1.77 bits per heavy atom. The van der Waals surface area contributed by atoms with Crippen LogP contribution in [0.3, 0.4) is 0 Å². The Labute approximate surface area is 168 Å². The number of carbonyl (C=O) groups is 1. The summed E-state index contributed by atoms with van der Waals surface area (Å²) in [5.41, 5.74) is 1.50. The fourth-order valence-electron chi connectivity index (χ4n) is 2.88. The van der Waals surface area contributed by atoms with Crippen LogP contribution in [0.5, 0.6) is 0 Å². The SMILES string of the molecule is O=C(Cc1cc(F)ccc1F)Nc1onc(-c2ccc(F)cc2)c1-c1ccncn1. The first kappa shape index (κ1) is 19.3. The molecular weight excluding hydrogens is 397 g/mol. The van der Waals surface area contributed by atoms with Crippen molar-refractivity contribution in [1.82, 2.24) is 15.1 Å². The number of rotatable bonds is 5. The Bertz CT molecular complexity index is 1190. The van der Waals surface area contributed by atoms with Crippen LogP contribution in [0, 0.1) is 17.5 Å². The standard InChI is InChI=1S/C21H13F3N4O2/c22-14-3-1-12(2-4-14)20-19(17-7-8-25-11-26-17)21(30-28-20)27-18(29)10-13-9-15(23)5-6-16(13)24/h1-9,11H,10H2,(H,27,29). The molecule has 1 N–H and O–H groups in total. The van der Waals surface area contributed by atoms with E-state index in [1.807, 2.05) is 0 Å². The minimum atomic E-state index is -0.702. The number of carbonyl (C=O) groups excluding carboxylic acids is 1. The third-order valence-electron chi connectivity index (χ3n) is 4.26. The lowest BCUT2D eigenvalue weighted by molar-refractivity contribution is -0.115. The first-order valence-electron chi connectivity index (χ1n) is 8.77. The molecule has 9 heteroatoms. The summed E-state index contributed by atoms with van der Waals surface area (Å²) in [5, 5.41) is 6.49. The second kappa shape index (κ2) is 8.16. The Morgan fingerprint density at radius 1 is 1.00 bits per heavy atom. The molecule has 0 unspecified atom stereocenters. The molecule has 0 bridgehead atoms. The van der Waals surface area contributed by atoms with Crippen molar-refractivity contribution < 1.29 is 22.5 Å². The van der Waals surface area contributed by atoms with Gasteiger partial charge in [-0.25, -0.2) is 23.1 Å². The van der Waals surface area contributed by atoms with Gasteiger partial charge < -0.3 is 4.52 Å². The lowest BCUT2D eigenvalue weighted by Crippen LogP contribution is -2.15. The largest absolute Gasteiger partial charge is 0.337 e. The van der Waals surface area contributed by atoms with Gasteiger partial charge in [-0.05, 0) is 48.5 Å². The molecule has 2 aromatic carbocycles. The lowest BCUT2D eigenvalue weighted by Gasteiger charge is -2.06. The van der Waals surface area contributed by atoms with Crippen LogP contribution in [0.15, 0.2) is 65.6 Å². The molecular formula is C21H13F3N4O2. The van der Waals surface area contributed by atoms with Gasteiger partial charge in [-0.15, -0.1) is 0 Å². The fourth-order valence-corrected chi connectivity index (χ4v) is 2.88. The van der Waals surface area contributed by atoms with Gasteiger partial charge in [0.1, 0.15) is 29.5 Å². The Kier molecular flexibility index (Phi) is 5.25. The highest BCUT2D eigenvalue weighted by molar-refractivity contribution is 5.97. The smallest absolute Gasteiger partial charge is 0.241 e. The van der Waals surface area contributed by atoms with E-state index in [1.165, 1.54) is 36.8 Å². The molecule has 2 heterocycles. The number of nitrogens with one attached hydrogen (secondary N) is 1. The van der Waals surface area contributed by atoms with Gasteiger partial charge in [0.25, 0.3) is 0 Å². The number of hydrogen-bond donors (Lipinski definition) is 1. The minimum Gasteiger partial charge on any atom is -0.337 e. The van der Waals surface area contributed by atoms with Gasteiger partial charge in [0.05, 0.1) is 17.7 Å². The predicted octanol–water partition coefficient (Wildman–Crippen LogP) is 4.40. The molecule has 2 aromatic heterocycles. The number of hydrogen-bond acceptors (Lipinski definition) is 5. The monoisotopic (exact) mass is 410 g/mol. The van der Waals surface area contributed by atoms with E-state index in [2.05, 4.69) is 20.4 Å². The molecule has 4 aromatic rings. The van der Waals surface area contributed by atoms with E-state index in [-0.39, 0.29) is 11.4 Å². The van der Waals surface area contributed by atoms with E-state index < -0.39 is 29.8 Å². The van der Waals surface area contributed by atoms with E-state index in [0.29, 0.717) is 22.5 Å². The van der Waals surface area contributed by atoms with Gasteiger partial charge >= 0.3 is 0 Å². The van der Waals surface area contributed by atoms with Crippen molar-refractivity contribution in [3.05, 3.63) is 84.1 Å². The number of benzene rings is 2. The van der Waals surface area contributed by atoms with Crippen LogP contribution in [-0.4, -0.2) is 21.0 Å². The normalized spacial score (nSPS) is 10.8. The topological polar surface area (TPSA) is 80.9 Å². The van der Waals surface area contributed by atoms with Crippen molar-refractivity contribution in [2.75, 3.05) is 5.32 Å². The number of amides is 1. The molecule has 0 aliphatic rings. The van der Waals surface area contributed by atoms with Crippen molar-refractivity contribution in [3.8, 4) is 22.5 Å². The zero-order valence-corrected chi connectivity index (χ0v) is 15.3. The molecule has 0 spiro atoms. The second-order valence-corrected chi connectivity index (χ2v) is 6.30. The van der Waals surface area contributed by atoms with Crippen LogP contribution in [0.1, 0.15) is 5.56 Å². The highest BCUT2D eigenvalue weighted by Gasteiger charge is 2.22. The third kappa shape index (κ3) is 4.04. The average Bonchev–Trinajstić information content (AvgIpc) is 3.15. The summed E-state index contributed by atoms with van der Waals surface area (Å²) in [5.74, 6) is -2.45. The van der Waals surface area contributed by atoms with Gasteiger partial charge in [0.15, 0.2) is 0 Å². The van der Waals surface area contributed by atoms with Gasteiger partial charge in [-0.3, -0.25) is 10.1 Å². The third-order valence-corrected chi connectivity index (χ3v) is 4.26. The highest BCUT2D eigenvalue weighted by Crippen LogP contribution is 2.36. The summed E-state index contributed by atoms with van der Waals surface area (Å²) < 4.78 is 45.8. The summed E-state index contributed by atoms with van der Waals surface area (Å²) in [6.45, 7) is 0. The molecule has 150 valence electrons. The maximum absolute atomic E-state index is 13.8. The molecule has 0 saturated carbocycles. The molecule has 0 radical (unpaired) electrons. The molecule has 0 aliphatic carbocycles. The highest BCUT2D eigenvalue weighted by atomic mass is 19.1. The molecule has 30 heavy (non-hydrogen) atoms. The lowest BCUT2D eigenvalue weighted by atomic mass is 10.0. The van der Waals surface area contributed by atoms with Crippen LogP contribution in [0.2, 0.25) is 0 Å². The van der Waals surface area contributed by atoms with E-state index in [1.54, 1.807) is 6.07 Å². The molecule has 4 rings (SSSR count). The molecule has 0 saturated heterocycles. The number of anilines is 1. The Morgan fingerprint density at radius 3 is 2.50 bits per heavy atom. The fraction of sp³-hybridized carbons (Fsp3) is 0.0476. The van der Waals surface area contributed by atoms with Gasteiger partial charge in [0, 0.05) is 17.3 Å². The Hall–Kier alpha value is -4.01. The summed E-state index contributed by atoms with van der Waals surface area (Å²) in [7, 11) is 0. The number of nitrogens with zero attached hydrogens (tertiary/aromatic N) is 3. The Balaban J connectivity index is 1.68. The number of aromatic nitrogens is 3. The van der Waals surface area contributed by atoms with Crippen molar-refractivity contribution in [2.45, 2.75) is 6.42 Å². The number of halogens is 3. The van der Waals surface area contributed by atoms with Crippen LogP contribution in [0.4, 0.5) is 19.1 Å². The van der Waals surface area contributed by atoms with Crippen LogP contribution in [-0.2, 0) is 11.2 Å². The molecule has 1 amide bonds. The van der Waals surface area contributed by atoms with E-state index in [4.69, 9.17) is 4.52 Å². The summed E-state index contributed by atoms with van der Waals surface area (Å²) >= 11 is 0. The van der Waals surface area contributed by atoms with Crippen LogP contribution >= 0.6 is 0 Å². The molecule has 0 fully saturated rings. The molecule has 0 aliphatic heterocycles. The van der Waals surface area contributed by atoms with E-state index in [0.717, 1.165) is 18.2 Å². The van der Waals surface area contributed by atoms with Crippen molar-refractivity contribution in [3.63, 3.8) is 0 Å². The summed E-state index contributed by atoms with van der Waals surface area (Å²) in [4.78, 5) is 20.5. The van der Waals surface area contributed by atoms with Crippen molar-refractivity contribution in [1.29, 1.82) is 0 Å². The van der Waals surface area contributed by atoms with Gasteiger partial charge in [0.2, 0.25) is 11.8 Å². The van der Waals surface area contributed by atoms with Crippen LogP contribution < -0.4 is 5.32 Å². The first-order chi connectivity index (χ1) is 14.5. The second-order valence-electron chi connectivity index (χ2n) is 6.30. The van der Waals surface area contributed by atoms with Crippen molar-refractivity contribution in [2.24, 2.45) is 0 Å². The zero-order valence-electron chi connectivity index (χ0n) is 15.3. The summed E-state index contributed by atoms with van der Waals surface area (Å²) in [6, 6.07) is 9.99. The molecule has 6 nitrogen and oxygen atoms in total. The van der Waals surface area contributed by atoms with E-state index >= 15 is 0 Å². The predicted molar refractivity (Wildman–Crippen MR) is 102 cm³/mol. The van der Waals surface area contributed by atoms with Gasteiger partial charge in [-0.2, -0.15) is 0 Å². The van der Waals surface area contributed by atoms with Crippen LogP contribution in [0.25, 0.3) is 22.5 Å². The van der Waals surface area contributed by atoms with Crippen molar-refractivity contribution >= 4 is 11.8 Å². The zero-order chi connectivity index (χ0) is 21.1. The quantitative estimate of drug-likeness (QED) is 0.528. The van der Waals surface area contributed by atoms with E-state index in [9.17, 15) is 18.0 Å². The maximum atomic E-state index is 13.8.